The molecule has 110 valence electrons. The molecule has 0 saturated heterocycles. The third-order valence-corrected chi connectivity index (χ3v) is 2.69. The SMILES string of the molecule is CC(C)(C)NC(=O)NC(=O)CSc1nc(N)cc(=O)[nH]1. The zero-order chi connectivity index (χ0) is 15.3. The predicted molar refractivity (Wildman–Crippen MR) is 76.4 cm³/mol. The number of rotatable bonds is 3. The second kappa shape index (κ2) is 6.42. The molecule has 1 heterocycles. The van der Waals surface area contributed by atoms with E-state index in [1.807, 2.05) is 0 Å². The van der Waals surface area contributed by atoms with Gasteiger partial charge in [-0.2, -0.15) is 0 Å². The number of hydrogen-bond acceptors (Lipinski definition) is 6. The second-order valence-corrected chi connectivity index (χ2v) is 5.98. The first kappa shape index (κ1) is 16.0. The van der Waals surface area contributed by atoms with Crippen molar-refractivity contribution < 1.29 is 9.59 Å². The first-order chi connectivity index (χ1) is 9.15. The average Bonchev–Trinajstić information content (AvgIpc) is 2.22. The van der Waals surface area contributed by atoms with E-state index in [1.54, 1.807) is 20.8 Å². The standard InChI is InChI=1S/C11H17N5O3S/c1-11(2,3)16-9(19)14-8(18)5-20-10-13-6(12)4-7(17)15-10/h4H,5H2,1-3H3,(H3,12,13,15,17)(H2,14,16,18,19). The molecule has 0 aliphatic heterocycles. The number of thioether (sulfide) groups is 1. The van der Waals surface area contributed by atoms with Crippen LogP contribution in [-0.2, 0) is 4.79 Å². The fourth-order valence-electron chi connectivity index (χ4n) is 1.19. The number of carbonyl (C=O) groups excluding carboxylic acids is 2. The van der Waals surface area contributed by atoms with Gasteiger partial charge in [-0.05, 0) is 20.8 Å². The molecule has 20 heavy (non-hydrogen) atoms. The van der Waals surface area contributed by atoms with Gasteiger partial charge in [0.05, 0.1) is 5.75 Å². The van der Waals surface area contributed by atoms with E-state index in [2.05, 4.69) is 20.6 Å². The maximum Gasteiger partial charge on any atom is 0.321 e. The molecule has 0 aliphatic carbocycles. The molecule has 1 aromatic heterocycles. The van der Waals surface area contributed by atoms with Crippen molar-refractivity contribution in [3.05, 3.63) is 16.4 Å². The van der Waals surface area contributed by atoms with Crippen LogP contribution >= 0.6 is 11.8 Å². The molecule has 5 N–H and O–H groups in total. The van der Waals surface area contributed by atoms with E-state index in [-0.39, 0.29) is 16.7 Å². The highest BCUT2D eigenvalue weighted by Gasteiger charge is 2.15. The van der Waals surface area contributed by atoms with Crippen LogP contribution in [0.4, 0.5) is 10.6 Å². The third-order valence-electron chi connectivity index (χ3n) is 1.82. The van der Waals surface area contributed by atoms with E-state index in [9.17, 15) is 14.4 Å². The summed E-state index contributed by atoms with van der Waals surface area (Å²) < 4.78 is 0. The maximum absolute atomic E-state index is 11.5. The first-order valence-electron chi connectivity index (χ1n) is 5.77. The molecule has 0 unspecified atom stereocenters. The molecule has 0 radical (unpaired) electrons. The van der Waals surface area contributed by atoms with Crippen molar-refractivity contribution in [2.75, 3.05) is 11.5 Å². The number of nitrogens with one attached hydrogen (secondary N) is 3. The Morgan fingerprint density at radius 2 is 2.10 bits per heavy atom. The van der Waals surface area contributed by atoms with Gasteiger partial charge in [-0.3, -0.25) is 14.9 Å². The first-order valence-corrected chi connectivity index (χ1v) is 6.76. The number of anilines is 1. The normalized spacial score (nSPS) is 10.9. The summed E-state index contributed by atoms with van der Waals surface area (Å²) in [5.41, 5.74) is 4.58. The van der Waals surface area contributed by atoms with Crippen LogP contribution in [-0.4, -0.2) is 33.2 Å². The molecule has 8 nitrogen and oxygen atoms in total. The number of hydrogen-bond donors (Lipinski definition) is 4. The molecule has 1 aromatic rings. The molecule has 1 rings (SSSR count). The molecular weight excluding hydrogens is 282 g/mol. The summed E-state index contributed by atoms with van der Waals surface area (Å²) in [5, 5.41) is 4.99. The molecule has 0 saturated carbocycles. The number of nitrogens with two attached hydrogens (primary N) is 1. The Labute approximate surface area is 119 Å². The van der Waals surface area contributed by atoms with Crippen molar-refractivity contribution in [2.24, 2.45) is 0 Å². The molecule has 0 spiro atoms. The van der Waals surface area contributed by atoms with E-state index < -0.39 is 23.0 Å². The van der Waals surface area contributed by atoms with Gasteiger partial charge in [-0.1, -0.05) is 11.8 Å². The lowest BCUT2D eigenvalue weighted by atomic mass is 10.1. The van der Waals surface area contributed by atoms with Crippen molar-refractivity contribution in [3.63, 3.8) is 0 Å². The van der Waals surface area contributed by atoms with Crippen LogP contribution in [0.2, 0.25) is 0 Å². The largest absolute Gasteiger partial charge is 0.383 e. The van der Waals surface area contributed by atoms with E-state index in [0.29, 0.717) is 0 Å². The summed E-state index contributed by atoms with van der Waals surface area (Å²) >= 11 is 0.978. The second-order valence-electron chi connectivity index (χ2n) is 5.02. The van der Waals surface area contributed by atoms with Crippen molar-refractivity contribution in [2.45, 2.75) is 31.5 Å². The lowest BCUT2D eigenvalue weighted by molar-refractivity contribution is -0.117. The summed E-state index contributed by atoms with van der Waals surface area (Å²) in [6.45, 7) is 5.40. The molecule has 9 heteroatoms. The third kappa shape index (κ3) is 6.23. The Bertz CT molecular complexity index is 564. The lowest BCUT2D eigenvalue weighted by Gasteiger charge is -2.20. The van der Waals surface area contributed by atoms with E-state index >= 15 is 0 Å². The summed E-state index contributed by atoms with van der Waals surface area (Å²) in [6.07, 6.45) is 0. The Morgan fingerprint density at radius 1 is 1.45 bits per heavy atom. The number of amides is 3. The Morgan fingerprint density at radius 3 is 2.65 bits per heavy atom. The molecule has 0 atom stereocenters. The number of nitrogen functional groups attached to an aromatic ring is 1. The molecule has 0 aliphatic rings. The van der Waals surface area contributed by atoms with Crippen LogP contribution in [0.15, 0.2) is 16.0 Å². The van der Waals surface area contributed by atoms with Crippen LogP contribution in [0.3, 0.4) is 0 Å². The summed E-state index contributed by atoms with van der Waals surface area (Å²) in [6, 6.07) is 0.568. The number of carbonyl (C=O) groups is 2. The van der Waals surface area contributed by atoms with Gasteiger partial charge >= 0.3 is 6.03 Å². The number of aromatic amines is 1. The Balaban J connectivity index is 2.47. The fourth-order valence-corrected chi connectivity index (χ4v) is 1.87. The zero-order valence-corrected chi connectivity index (χ0v) is 12.3. The average molecular weight is 299 g/mol. The van der Waals surface area contributed by atoms with E-state index in [0.717, 1.165) is 17.8 Å². The van der Waals surface area contributed by atoms with E-state index in [4.69, 9.17) is 5.73 Å². The van der Waals surface area contributed by atoms with Crippen LogP contribution in [0.5, 0.6) is 0 Å². The van der Waals surface area contributed by atoms with Gasteiger partial charge in [0.2, 0.25) is 5.91 Å². The molecular formula is C11H17N5O3S. The lowest BCUT2D eigenvalue weighted by Crippen LogP contribution is -2.48. The minimum absolute atomic E-state index is 0.0655. The number of H-pyrrole nitrogens is 1. The van der Waals surface area contributed by atoms with Gasteiger partial charge in [0.25, 0.3) is 5.56 Å². The summed E-state index contributed by atoms with van der Waals surface area (Å²) in [5.74, 6) is -0.492. The van der Waals surface area contributed by atoms with Crippen molar-refractivity contribution in [3.8, 4) is 0 Å². The number of aromatic nitrogens is 2. The monoisotopic (exact) mass is 299 g/mol. The number of urea groups is 1. The number of imide groups is 1. The molecule has 3 amide bonds. The van der Waals surface area contributed by atoms with Gasteiger partial charge in [0.1, 0.15) is 5.82 Å². The highest BCUT2D eigenvalue weighted by Crippen LogP contribution is 2.11. The van der Waals surface area contributed by atoms with Gasteiger partial charge in [0, 0.05) is 11.6 Å². The Hall–Kier alpha value is -2.03. The van der Waals surface area contributed by atoms with Gasteiger partial charge in [0.15, 0.2) is 5.16 Å². The van der Waals surface area contributed by atoms with Crippen LogP contribution in [0.25, 0.3) is 0 Å². The molecule has 0 bridgehead atoms. The zero-order valence-electron chi connectivity index (χ0n) is 11.4. The van der Waals surface area contributed by atoms with Crippen LogP contribution in [0, 0.1) is 0 Å². The van der Waals surface area contributed by atoms with Crippen molar-refractivity contribution >= 4 is 29.5 Å². The smallest absolute Gasteiger partial charge is 0.321 e. The van der Waals surface area contributed by atoms with E-state index in [1.165, 1.54) is 0 Å². The minimum Gasteiger partial charge on any atom is -0.383 e. The molecule has 0 fully saturated rings. The minimum atomic E-state index is -0.572. The quantitative estimate of drug-likeness (QED) is 0.461. The number of nitrogens with zero attached hydrogens (tertiary/aromatic N) is 1. The van der Waals surface area contributed by atoms with Crippen molar-refractivity contribution in [1.29, 1.82) is 0 Å². The maximum atomic E-state index is 11.5. The van der Waals surface area contributed by atoms with Crippen LogP contribution < -0.4 is 21.9 Å². The predicted octanol–water partition coefficient (Wildman–Crippen LogP) is 0.0685. The topological polar surface area (TPSA) is 130 Å². The Kier molecular flexibility index (Phi) is 5.14. The van der Waals surface area contributed by atoms with Gasteiger partial charge < -0.3 is 16.0 Å². The van der Waals surface area contributed by atoms with Crippen LogP contribution in [0.1, 0.15) is 20.8 Å². The fraction of sp³-hybridized carbons (Fsp3) is 0.455. The molecule has 0 aromatic carbocycles. The highest BCUT2D eigenvalue weighted by atomic mass is 32.2. The van der Waals surface area contributed by atoms with Gasteiger partial charge in [-0.25, -0.2) is 9.78 Å². The summed E-state index contributed by atoms with van der Waals surface area (Å²) in [7, 11) is 0. The summed E-state index contributed by atoms with van der Waals surface area (Å²) in [4.78, 5) is 40.4. The highest BCUT2D eigenvalue weighted by molar-refractivity contribution is 7.99. The van der Waals surface area contributed by atoms with Gasteiger partial charge in [-0.15, -0.1) is 0 Å². The van der Waals surface area contributed by atoms with Crippen molar-refractivity contribution in [1.82, 2.24) is 20.6 Å².